The summed E-state index contributed by atoms with van der Waals surface area (Å²) < 4.78 is 0. The van der Waals surface area contributed by atoms with Gasteiger partial charge in [-0.3, -0.25) is 4.79 Å². The van der Waals surface area contributed by atoms with E-state index in [-0.39, 0.29) is 11.4 Å². The van der Waals surface area contributed by atoms with Gasteiger partial charge in [0.15, 0.2) is 0 Å². The Hall–Kier alpha value is -1.00. The summed E-state index contributed by atoms with van der Waals surface area (Å²) in [6.07, 6.45) is 3.22. The minimum Gasteiger partial charge on any atom is -0.325 e. The van der Waals surface area contributed by atoms with E-state index in [9.17, 15) is 4.79 Å². The molecule has 0 bridgehead atoms. The third kappa shape index (κ3) is 1.95. The number of nitrogens with one attached hydrogen (secondary N) is 1. The van der Waals surface area contributed by atoms with Crippen molar-refractivity contribution in [1.82, 2.24) is 0 Å². The zero-order valence-electron chi connectivity index (χ0n) is 8.95. The Bertz CT molecular complexity index is 454. The molecule has 1 aromatic carbocycles. The topological polar surface area (TPSA) is 55.1 Å². The molecule has 0 atom stereocenters. The van der Waals surface area contributed by atoms with E-state index in [4.69, 9.17) is 5.73 Å². The summed E-state index contributed by atoms with van der Waals surface area (Å²) in [7, 11) is 0. The van der Waals surface area contributed by atoms with E-state index in [1.165, 1.54) is 10.5 Å². The number of hydrogen-bond acceptors (Lipinski definition) is 3. The van der Waals surface area contributed by atoms with Crippen molar-refractivity contribution in [1.29, 1.82) is 0 Å². The van der Waals surface area contributed by atoms with Crippen LogP contribution in [-0.4, -0.2) is 17.2 Å². The van der Waals surface area contributed by atoms with Crippen molar-refractivity contribution >= 4 is 23.4 Å². The molecule has 0 saturated heterocycles. The maximum absolute atomic E-state index is 11.2. The average molecular weight is 234 g/mol. The normalized spacial score (nSPS) is 21.2. The van der Waals surface area contributed by atoms with Gasteiger partial charge >= 0.3 is 0 Å². The maximum Gasteiger partial charge on any atom is 0.234 e. The molecule has 4 heteroatoms. The van der Waals surface area contributed by atoms with Crippen LogP contribution in [-0.2, 0) is 11.2 Å². The molecule has 1 saturated carbocycles. The zero-order valence-corrected chi connectivity index (χ0v) is 9.77. The fraction of sp³-hybridized carbons (Fsp3) is 0.417. The number of thioether (sulfide) groups is 1. The lowest BCUT2D eigenvalue weighted by atomic mass is 10.0. The molecule has 3 rings (SSSR count). The second-order valence-electron chi connectivity index (χ2n) is 4.71. The highest BCUT2D eigenvalue weighted by atomic mass is 32.2. The molecule has 16 heavy (non-hydrogen) atoms. The molecule has 1 fully saturated rings. The lowest BCUT2D eigenvalue weighted by Gasteiger charge is -2.18. The number of nitrogens with two attached hydrogens (primary N) is 1. The largest absolute Gasteiger partial charge is 0.325 e. The number of benzene rings is 1. The van der Waals surface area contributed by atoms with Crippen molar-refractivity contribution < 1.29 is 4.79 Å². The molecule has 1 aromatic rings. The molecule has 3 nitrogen and oxygen atoms in total. The van der Waals surface area contributed by atoms with Gasteiger partial charge in [0.2, 0.25) is 5.91 Å². The van der Waals surface area contributed by atoms with Crippen LogP contribution < -0.4 is 11.1 Å². The van der Waals surface area contributed by atoms with Gasteiger partial charge in [0.25, 0.3) is 0 Å². The van der Waals surface area contributed by atoms with Crippen LogP contribution in [0.2, 0.25) is 0 Å². The van der Waals surface area contributed by atoms with Crippen molar-refractivity contribution in [3.05, 3.63) is 23.8 Å². The number of fused-ring (bicyclic) bond motifs is 1. The van der Waals surface area contributed by atoms with E-state index in [2.05, 4.69) is 17.4 Å². The number of carbonyl (C=O) groups excluding carboxylic acids is 1. The monoisotopic (exact) mass is 234 g/mol. The summed E-state index contributed by atoms with van der Waals surface area (Å²) >= 11 is 1.60. The number of amides is 1. The van der Waals surface area contributed by atoms with E-state index in [1.807, 2.05) is 6.07 Å². The smallest absolute Gasteiger partial charge is 0.234 e. The summed E-state index contributed by atoms with van der Waals surface area (Å²) in [5.74, 6) is 0.604. The number of carbonyl (C=O) groups is 1. The Kier molecular flexibility index (Phi) is 2.23. The van der Waals surface area contributed by atoms with Crippen molar-refractivity contribution in [3.8, 4) is 0 Å². The Morgan fingerprint density at radius 2 is 2.25 bits per heavy atom. The first-order valence-electron chi connectivity index (χ1n) is 5.49. The molecular weight excluding hydrogens is 220 g/mol. The number of rotatable bonds is 2. The highest BCUT2D eigenvalue weighted by molar-refractivity contribution is 8.00. The van der Waals surface area contributed by atoms with Crippen LogP contribution in [0.25, 0.3) is 0 Å². The van der Waals surface area contributed by atoms with E-state index in [1.54, 1.807) is 11.8 Å². The lowest BCUT2D eigenvalue weighted by Crippen LogP contribution is -2.24. The van der Waals surface area contributed by atoms with Crippen molar-refractivity contribution in [2.45, 2.75) is 29.7 Å². The molecule has 0 aromatic heterocycles. The van der Waals surface area contributed by atoms with Gasteiger partial charge < -0.3 is 11.1 Å². The molecule has 0 unspecified atom stereocenters. The van der Waals surface area contributed by atoms with Crippen LogP contribution >= 0.6 is 11.8 Å². The van der Waals surface area contributed by atoms with Gasteiger partial charge in [-0.2, -0.15) is 0 Å². The van der Waals surface area contributed by atoms with Crippen molar-refractivity contribution in [2.24, 2.45) is 5.73 Å². The summed E-state index contributed by atoms with van der Waals surface area (Å²) in [5, 5.41) is 2.87. The Morgan fingerprint density at radius 3 is 3.00 bits per heavy atom. The van der Waals surface area contributed by atoms with Crippen molar-refractivity contribution in [2.75, 3.05) is 11.1 Å². The van der Waals surface area contributed by atoms with Gasteiger partial charge in [-0.05, 0) is 37.0 Å². The van der Waals surface area contributed by atoms with Gasteiger partial charge in [-0.25, -0.2) is 0 Å². The molecule has 2 aliphatic rings. The number of anilines is 1. The molecule has 1 amide bonds. The summed E-state index contributed by atoms with van der Waals surface area (Å²) in [4.78, 5) is 12.4. The minimum absolute atomic E-state index is 0.0524. The third-order valence-corrected chi connectivity index (χ3v) is 4.18. The highest BCUT2D eigenvalue weighted by Crippen LogP contribution is 2.38. The average Bonchev–Trinajstić information content (AvgIpc) is 2.96. The quantitative estimate of drug-likeness (QED) is 0.820. The van der Waals surface area contributed by atoms with Crippen LogP contribution in [0.5, 0.6) is 0 Å². The predicted molar refractivity (Wildman–Crippen MR) is 65.7 cm³/mol. The summed E-state index contributed by atoms with van der Waals surface area (Å²) in [5.41, 5.74) is 8.37. The Labute approximate surface area is 98.8 Å². The van der Waals surface area contributed by atoms with Crippen molar-refractivity contribution in [3.63, 3.8) is 0 Å². The zero-order chi connectivity index (χ0) is 11.2. The molecule has 0 spiro atoms. The fourth-order valence-corrected chi connectivity index (χ4v) is 2.84. The Morgan fingerprint density at radius 1 is 1.44 bits per heavy atom. The summed E-state index contributed by atoms with van der Waals surface area (Å²) in [6.45, 7) is 0. The molecule has 3 N–H and O–H groups in total. The second-order valence-corrected chi connectivity index (χ2v) is 5.72. The first-order chi connectivity index (χ1) is 7.65. The molecule has 84 valence electrons. The van der Waals surface area contributed by atoms with Crippen LogP contribution in [0.4, 0.5) is 5.69 Å². The molecule has 1 aliphatic heterocycles. The molecule has 1 aliphatic carbocycles. The Balaban J connectivity index is 1.84. The van der Waals surface area contributed by atoms with E-state index >= 15 is 0 Å². The minimum atomic E-state index is 0.0524. The second kappa shape index (κ2) is 3.50. The van der Waals surface area contributed by atoms with E-state index in [0.717, 1.165) is 24.9 Å². The lowest BCUT2D eigenvalue weighted by molar-refractivity contribution is -0.113. The van der Waals surface area contributed by atoms with Crippen LogP contribution in [0.15, 0.2) is 23.1 Å². The first-order valence-corrected chi connectivity index (χ1v) is 6.48. The van der Waals surface area contributed by atoms with E-state index < -0.39 is 0 Å². The SMILES string of the molecule is NC1(Cc2ccc3c(c2)SCC(=O)N3)CC1. The third-order valence-electron chi connectivity index (χ3n) is 3.13. The van der Waals surface area contributed by atoms with Gasteiger partial charge in [-0.1, -0.05) is 6.07 Å². The number of hydrogen-bond donors (Lipinski definition) is 2. The summed E-state index contributed by atoms with van der Waals surface area (Å²) in [6, 6.07) is 6.21. The van der Waals surface area contributed by atoms with Crippen LogP contribution in [0.1, 0.15) is 18.4 Å². The van der Waals surface area contributed by atoms with Gasteiger partial charge in [0, 0.05) is 10.4 Å². The standard InChI is InChI=1S/C12H14N2OS/c13-12(3-4-12)6-8-1-2-9-10(5-8)16-7-11(15)14-9/h1-2,5H,3-4,6-7,13H2,(H,14,15). The fourth-order valence-electron chi connectivity index (χ4n) is 1.97. The van der Waals surface area contributed by atoms with Crippen LogP contribution in [0.3, 0.4) is 0 Å². The maximum atomic E-state index is 11.2. The molecular formula is C12H14N2OS. The predicted octanol–water partition coefficient (Wildman–Crippen LogP) is 1.76. The van der Waals surface area contributed by atoms with Crippen LogP contribution in [0, 0.1) is 0 Å². The van der Waals surface area contributed by atoms with Gasteiger partial charge in [0.1, 0.15) is 0 Å². The van der Waals surface area contributed by atoms with Gasteiger partial charge in [-0.15, -0.1) is 11.8 Å². The van der Waals surface area contributed by atoms with E-state index in [0.29, 0.717) is 5.75 Å². The van der Waals surface area contributed by atoms with Gasteiger partial charge in [0.05, 0.1) is 11.4 Å². The molecule has 1 heterocycles. The molecule has 0 radical (unpaired) electrons. The first kappa shape index (κ1) is 10.2. The highest BCUT2D eigenvalue weighted by Gasteiger charge is 2.38.